The number of hydrogen-bond acceptors (Lipinski definition) is 4. The number of carbonyl (C=O) groups excluding carboxylic acids is 2. The lowest BCUT2D eigenvalue weighted by atomic mass is 9.94. The van der Waals surface area contributed by atoms with Crippen molar-refractivity contribution in [3.05, 3.63) is 54.1 Å². The van der Waals surface area contributed by atoms with E-state index in [1.165, 1.54) is 62.4 Å². The summed E-state index contributed by atoms with van der Waals surface area (Å²) in [7, 11) is 1.92. The number of nitrogens with zero attached hydrogens (tertiary/aromatic N) is 2. The second kappa shape index (κ2) is 12.3. The molecule has 2 aromatic carbocycles. The molecule has 0 unspecified atom stereocenters. The Kier molecular flexibility index (Phi) is 8.91. The molecule has 2 fully saturated rings. The number of nitrogens with one attached hydrogen (secondary N) is 1. The maximum absolute atomic E-state index is 13.1. The van der Waals surface area contributed by atoms with Crippen LogP contribution in [0.5, 0.6) is 0 Å². The van der Waals surface area contributed by atoms with E-state index in [0.717, 1.165) is 36.5 Å². The second-order valence-electron chi connectivity index (χ2n) is 9.48. The Bertz CT molecular complexity index is 948. The monoisotopic (exact) mass is 479 g/mol. The van der Waals surface area contributed by atoms with Crippen molar-refractivity contribution in [2.45, 2.75) is 68.7 Å². The third kappa shape index (κ3) is 6.56. The lowest BCUT2D eigenvalue weighted by molar-refractivity contribution is -0.129. The average molecular weight is 480 g/mol. The first-order chi connectivity index (χ1) is 16.6. The first-order valence-corrected chi connectivity index (χ1v) is 13.7. The molecule has 2 aliphatic rings. The van der Waals surface area contributed by atoms with Gasteiger partial charge in [-0.1, -0.05) is 44.2 Å². The quantitative estimate of drug-likeness (QED) is 0.480. The summed E-state index contributed by atoms with van der Waals surface area (Å²) in [6.45, 7) is 2.20. The van der Waals surface area contributed by atoms with Crippen molar-refractivity contribution >= 4 is 35.0 Å². The molecule has 0 aromatic heterocycles. The van der Waals surface area contributed by atoms with E-state index in [0.29, 0.717) is 17.4 Å². The number of carbonyl (C=O) groups is 2. The number of hydrogen-bond donors (Lipinski definition) is 1. The van der Waals surface area contributed by atoms with Gasteiger partial charge in [0.1, 0.15) is 0 Å². The van der Waals surface area contributed by atoms with E-state index in [2.05, 4.69) is 22.3 Å². The summed E-state index contributed by atoms with van der Waals surface area (Å²) in [6, 6.07) is 16.1. The van der Waals surface area contributed by atoms with Crippen molar-refractivity contribution in [2.24, 2.45) is 0 Å². The molecule has 1 saturated heterocycles. The van der Waals surface area contributed by atoms with Gasteiger partial charge in [-0.3, -0.25) is 9.59 Å². The molecular weight excluding hydrogens is 442 g/mol. The summed E-state index contributed by atoms with van der Waals surface area (Å²) in [6.07, 6.45) is 11.0. The molecule has 182 valence electrons. The van der Waals surface area contributed by atoms with E-state index in [4.69, 9.17) is 0 Å². The van der Waals surface area contributed by atoms with Gasteiger partial charge in [0.15, 0.2) is 0 Å². The van der Waals surface area contributed by atoms with Crippen LogP contribution in [-0.4, -0.2) is 48.6 Å². The summed E-state index contributed by atoms with van der Waals surface area (Å²) in [4.78, 5) is 31.0. The highest BCUT2D eigenvalue weighted by Gasteiger charge is 2.22. The molecular formula is C28H37N3O2S. The Balaban J connectivity index is 1.35. The van der Waals surface area contributed by atoms with Gasteiger partial charge < -0.3 is 15.1 Å². The van der Waals surface area contributed by atoms with Crippen molar-refractivity contribution in [2.75, 3.05) is 36.1 Å². The molecule has 2 amide bonds. The largest absolute Gasteiger partial charge is 0.372 e. The Labute approximate surface area is 208 Å². The lowest BCUT2D eigenvalue weighted by Crippen LogP contribution is -2.39. The summed E-state index contributed by atoms with van der Waals surface area (Å²) >= 11 is 1.45. The van der Waals surface area contributed by atoms with Crippen LogP contribution in [-0.2, 0) is 4.79 Å². The molecule has 34 heavy (non-hydrogen) atoms. The molecule has 6 heteroatoms. The van der Waals surface area contributed by atoms with E-state index in [-0.39, 0.29) is 11.8 Å². The predicted molar refractivity (Wildman–Crippen MR) is 142 cm³/mol. The molecule has 0 atom stereocenters. The highest BCUT2D eigenvalue weighted by Crippen LogP contribution is 2.27. The van der Waals surface area contributed by atoms with Gasteiger partial charge in [-0.25, -0.2) is 0 Å². The molecule has 1 heterocycles. The SMILES string of the molecule is CN(C(=O)CSc1ccccc1C(=O)Nc1ccc(N2CCCCCC2)cc1)C1CCCCC1. The summed E-state index contributed by atoms with van der Waals surface area (Å²) < 4.78 is 0. The maximum Gasteiger partial charge on any atom is 0.256 e. The average Bonchev–Trinajstić information content (AvgIpc) is 3.18. The number of benzene rings is 2. The van der Waals surface area contributed by atoms with Crippen molar-refractivity contribution < 1.29 is 9.59 Å². The van der Waals surface area contributed by atoms with Crippen LogP contribution in [0.2, 0.25) is 0 Å². The van der Waals surface area contributed by atoms with Crippen LogP contribution in [0, 0.1) is 0 Å². The van der Waals surface area contributed by atoms with Crippen LogP contribution in [0.4, 0.5) is 11.4 Å². The third-order valence-corrected chi connectivity index (χ3v) is 8.15. The van der Waals surface area contributed by atoms with Crippen molar-refractivity contribution in [3.8, 4) is 0 Å². The second-order valence-corrected chi connectivity index (χ2v) is 10.5. The molecule has 0 bridgehead atoms. The highest BCUT2D eigenvalue weighted by atomic mass is 32.2. The van der Waals surface area contributed by atoms with Gasteiger partial charge in [0.25, 0.3) is 5.91 Å². The van der Waals surface area contributed by atoms with Crippen LogP contribution < -0.4 is 10.2 Å². The number of anilines is 2. The van der Waals surface area contributed by atoms with Gasteiger partial charge in [0.05, 0.1) is 11.3 Å². The summed E-state index contributed by atoms with van der Waals surface area (Å²) in [5, 5.41) is 3.04. The normalized spacial score (nSPS) is 17.1. The van der Waals surface area contributed by atoms with Crippen LogP contribution in [0.25, 0.3) is 0 Å². The van der Waals surface area contributed by atoms with Gasteiger partial charge in [-0.05, 0) is 62.1 Å². The predicted octanol–water partition coefficient (Wildman–Crippen LogP) is 6.20. The van der Waals surface area contributed by atoms with E-state index in [1.807, 2.05) is 48.3 Å². The van der Waals surface area contributed by atoms with Crippen molar-refractivity contribution in [1.82, 2.24) is 4.90 Å². The third-order valence-electron chi connectivity index (χ3n) is 7.10. The minimum Gasteiger partial charge on any atom is -0.372 e. The van der Waals surface area contributed by atoms with Gasteiger partial charge in [-0.15, -0.1) is 11.8 Å². The number of rotatable bonds is 7. The van der Waals surface area contributed by atoms with Crippen molar-refractivity contribution in [3.63, 3.8) is 0 Å². The van der Waals surface area contributed by atoms with Crippen LogP contribution in [0.15, 0.2) is 53.4 Å². The van der Waals surface area contributed by atoms with Gasteiger partial charge >= 0.3 is 0 Å². The zero-order chi connectivity index (χ0) is 23.8. The van der Waals surface area contributed by atoms with E-state index in [1.54, 1.807) is 0 Å². The number of thioether (sulfide) groups is 1. The minimum absolute atomic E-state index is 0.135. The van der Waals surface area contributed by atoms with E-state index >= 15 is 0 Å². The topological polar surface area (TPSA) is 52.7 Å². The van der Waals surface area contributed by atoms with Gasteiger partial charge in [0, 0.05) is 42.4 Å². The van der Waals surface area contributed by atoms with E-state index in [9.17, 15) is 9.59 Å². The summed E-state index contributed by atoms with van der Waals surface area (Å²) in [5.74, 6) is 0.344. The molecule has 1 aliphatic carbocycles. The van der Waals surface area contributed by atoms with Crippen molar-refractivity contribution in [1.29, 1.82) is 0 Å². The van der Waals surface area contributed by atoms with Gasteiger partial charge in [0.2, 0.25) is 5.91 Å². The fourth-order valence-electron chi connectivity index (χ4n) is 4.98. The zero-order valence-electron chi connectivity index (χ0n) is 20.3. The fourth-order valence-corrected chi connectivity index (χ4v) is 5.95. The summed E-state index contributed by atoms with van der Waals surface area (Å²) in [5.41, 5.74) is 2.62. The minimum atomic E-state index is -0.140. The molecule has 0 radical (unpaired) electrons. The first kappa shape index (κ1) is 24.6. The molecule has 5 nitrogen and oxygen atoms in total. The Hall–Kier alpha value is -2.47. The van der Waals surface area contributed by atoms with Gasteiger partial charge in [-0.2, -0.15) is 0 Å². The fraction of sp³-hybridized carbons (Fsp3) is 0.500. The maximum atomic E-state index is 13.1. The highest BCUT2D eigenvalue weighted by molar-refractivity contribution is 8.00. The lowest BCUT2D eigenvalue weighted by Gasteiger charge is -2.31. The first-order valence-electron chi connectivity index (χ1n) is 12.8. The van der Waals surface area contributed by atoms with Crippen LogP contribution >= 0.6 is 11.8 Å². The Morgan fingerprint density at radius 1 is 0.912 bits per heavy atom. The Morgan fingerprint density at radius 2 is 1.56 bits per heavy atom. The molecule has 2 aromatic rings. The molecule has 1 saturated carbocycles. The molecule has 0 spiro atoms. The van der Waals surface area contributed by atoms with E-state index < -0.39 is 0 Å². The van der Waals surface area contributed by atoms with Crippen LogP contribution in [0.3, 0.4) is 0 Å². The van der Waals surface area contributed by atoms with Crippen LogP contribution in [0.1, 0.15) is 68.1 Å². The Morgan fingerprint density at radius 3 is 2.26 bits per heavy atom. The molecule has 1 aliphatic heterocycles. The molecule has 1 N–H and O–H groups in total. The standard InChI is InChI=1S/C28H37N3O2S/c1-30(23-11-5-4-6-12-23)27(32)21-34-26-14-8-7-13-25(26)28(33)29-22-15-17-24(18-16-22)31-19-9-2-3-10-20-31/h7-8,13-18,23H,2-6,9-12,19-21H2,1H3,(H,29,33). The molecule has 4 rings (SSSR count). The number of amides is 2. The smallest absolute Gasteiger partial charge is 0.256 e. The zero-order valence-corrected chi connectivity index (χ0v) is 21.1.